The second kappa shape index (κ2) is 5.68. The maximum absolute atomic E-state index is 12.0. The van der Waals surface area contributed by atoms with E-state index in [0.717, 1.165) is 0 Å². The zero-order valence-electron chi connectivity index (χ0n) is 9.91. The molecule has 0 aliphatic carbocycles. The summed E-state index contributed by atoms with van der Waals surface area (Å²) in [5, 5.41) is 10.5. The lowest BCUT2D eigenvalue weighted by molar-refractivity contribution is -0.173. The largest absolute Gasteiger partial charge is 0.478 e. The molecular weight excluding hydrogens is 265 g/mol. The highest BCUT2D eigenvalue weighted by Gasteiger charge is 2.38. The van der Waals surface area contributed by atoms with E-state index in [4.69, 9.17) is 5.11 Å². The normalized spacial score (nSPS) is 11.2. The van der Waals surface area contributed by atoms with Crippen molar-refractivity contribution >= 4 is 11.9 Å². The summed E-state index contributed by atoms with van der Waals surface area (Å²) >= 11 is 0. The average Bonchev–Trinajstić information content (AvgIpc) is 2.33. The SMILES string of the molecule is CCc1nc(CNC(=O)C(F)(F)F)ccc1C(=O)O. The quantitative estimate of drug-likeness (QED) is 0.873. The molecule has 5 nitrogen and oxygen atoms in total. The van der Waals surface area contributed by atoms with Gasteiger partial charge in [0.1, 0.15) is 0 Å². The van der Waals surface area contributed by atoms with E-state index in [2.05, 4.69) is 4.98 Å². The van der Waals surface area contributed by atoms with Crippen LogP contribution in [0.4, 0.5) is 13.2 Å². The number of alkyl halides is 3. The van der Waals surface area contributed by atoms with Crippen LogP contribution >= 0.6 is 0 Å². The number of carboxylic acids is 1. The third kappa shape index (κ3) is 3.94. The molecule has 1 amide bonds. The Hall–Kier alpha value is -2.12. The van der Waals surface area contributed by atoms with E-state index in [0.29, 0.717) is 6.42 Å². The minimum absolute atomic E-state index is 0.00611. The lowest BCUT2D eigenvalue weighted by Crippen LogP contribution is -2.36. The molecule has 104 valence electrons. The van der Waals surface area contributed by atoms with Crippen molar-refractivity contribution in [1.29, 1.82) is 0 Å². The number of nitrogens with zero attached hydrogens (tertiary/aromatic N) is 1. The van der Waals surface area contributed by atoms with Crippen LogP contribution in [-0.2, 0) is 17.8 Å². The summed E-state index contributed by atoms with van der Waals surface area (Å²) < 4.78 is 35.9. The van der Waals surface area contributed by atoms with Gasteiger partial charge in [-0.15, -0.1) is 0 Å². The van der Waals surface area contributed by atoms with Crippen molar-refractivity contribution in [3.8, 4) is 0 Å². The Morgan fingerprint density at radius 2 is 2.00 bits per heavy atom. The number of halogens is 3. The fourth-order valence-electron chi connectivity index (χ4n) is 1.38. The van der Waals surface area contributed by atoms with E-state index in [1.807, 2.05) is 0 Å². The molecule has 0 saturated carbocycles. The van der Waals surface area contributed by atoms with Crippen LogP contribution in [-0.4, -0.2) is 28.1 Å². The first-order valence-electron chi connectivity index (χ1n) is 5.32. The zero-order valence-corrected chi connectivity index (χ0v) is 9.91. The Balaban J connectivity index is 2.81. The predicted octanol–water partition coefficient (Wildman–Crippen LogP) is 1.52. The summed E-state index contributed by atoms with van der Waals surface area (Å²) in [6, 6.07) is 2.52. The van der Waals surface area contributed by atoms with Crippen LogP contribution in [0.5, 0.6) is 0 Å². The van der Waals surface area contributed by atoms with Gasteiger partial charge in [0.05, 0.1) is 23.5 Å². The van der Waals surface area contributed by atoms with Crippen LogP contribution < -0.4 is 5.32 Å². The molecule has 0 aromatic carbocycles. The first-order chi connectivity index (χ1) is 8.75. The van der Waals surface area contributed by atoms with Crippen LogP contribution in [0, 0.1) is 0 Å². The van der Waals surface area contributed by atoms with Gasteiger partial charge in [0, 0.05) is 0 Å². The Bertz CT molecular complexity index is 500. The molecule has 1 aromatic rings. The fraction of sp³-hybridized carbons (Fsp3) is 0.364. The predicted molar refractivity (Wildman–Crippen MR) is 58.5 cm³/mol. The van der Waals surface area contributed by atoms with E-state index in [9.17, 15) is 22.8 Å². The van der Waals surface area contributed by atoms with E-state index < -0.39 is 24.6 Å². The number of carbonyl (C=O) groups is 2. The second-order valence-electron chi connectivity index (χ2n) is 3.64. The number of hydrogen-bond acceptors (Lipinski definition) is 3. The second-order valence-corrected chi connectivity index (χ2v) is 3.64. The van der Waals surface area contributed by atoms with E-state index in [1.54, 1.807) is 12.2 Å². The highest BCUT2D eigenvalue weighted by Crippen LogP contribution is 2.15. The number of amides is 1. The van der Waals surface area contributed by atoms with Crippen LogP contribution in [0.1, 0.15) is 28.7 Å². The molecule has 0 bridgehead atoms. The number of aromatic carboxylic acids is 1. The topological polar surface area (TPSA) is 79.3 Å². The summed E-state index contributed by atoms with van der Waals surface area (Å²) in [7, 11) is 0. The maximum atomic E-state index is 12.0. The van der Waals surface area contributed by atoms with Crippen LogP contribution in [0.3, 0.4) is 0 Å². The third-order valence-electron chi connectivity index (χ3n) is 2.28. The van der Waals surface area contributed by atoms with Gasteiger partial charge in [-0.05, 0) is 18.6 Å². The van der Waals surface area contributed by atoms with E-state index in [-0.39, 0.29) is 17.0 Å². The third-order valence-corrected chi connectivity index (χ3v) is 2.28. The molecule has 19 heavy (non-hydrogen) atoms. The van der Waals surface area contributed by atoms with Crippen molar-refractivity contribution < 1.29 is 27.9 Å². The van der Waals surface area contributed by atoms with Gasteiger partial charge >= 0.3 is 18.1 Å². The van der Waals surface area contributed by atoms with Crippen molar-refractivity contribution in [3.63, 3.8) is 0 Å². The lowest BCUT2D eigenvalue weighted by Gasteiger charge is -2.09. The number of nitrogens with one attached hydrogen (secondary N) is 1. The molecule has 0 spiro atoms. The number of aryl methyl sites for hydroxylation is 1. The molecule has 0 saturated heterocycles. The molecule has 8 heteroatoms. The standard InChI is InChI=1S/C11H11F3N2O3/c1-2-8-7(9(17)18)4-3-6(16-8)5-15-10(19)11(12,13)14/h3-4H,2,5H2,1H3,(H,15,19)(H,17,18). The number of aromatic nitrogens is 1. The van der Waals surface area contributed by atoms with Crippen molar-refractivity contribution in [3.05, 3.63) is 29.1 Å². The van der Waals surface area contributed by atoms with E-state index in [1.165, 1.54) is 12.1 Å². The molecular formula is C11H11F3N2O3. The molecule has 1 aromatic heterocycles. The van der Waals surface area contributed by atoms with Gasteiger partial charge in [-0.2, -0.15) is 13.2 Å². The number of rotatable bonds is 4. The summed E-state index contributed by atoms with van der Waals surface area (Å²) in [4.78, 5) is 25.3. The average molecular weight is 276 g/mol. The van der Waals surface area contributed by atoms with Gasteiger partial charge in [0.15, 0.2) is 0 Å². The van der Waals surface area contributed by atoms with Gasteiger partial charge in [-0.1, -0.05) is 6.92 Å². The minimum atomic E-state index is -4.95. The summed E-state index contributed by atoms with van der Waals surface area (Å²) in [6.07, 6.45) is -4.63. The zero-order chi connectivity index (χ0) is 14.6. The van der Waals surface area contributed by atoms with Gasteiger partial charge in [-0.25, -0.2) is 4.79 Å². The van der Waals surface area contributed by atoms with Crippen LogP contribution in [0.2, 0.25) is 0 Å². The van der Waals surface area contributed by atoms with Gasteiger partial charge < -0.3 is 10.4 Å². The number of hydrogen-bond donors (Lipinski definition) is 2. The molecule has 0 radical (unpaired) electrons. The van der Waals surface area contributed by atoms with Crippen LogP contribution in [0.25, 0.3) is 0 Å². The summed E-state index contributed by atoms with van der Waals surface area (Å²) in [5.41, 5.74) is 0.416. The van der Waals surface area contributed by atoms with Crippen molar-refractivity contribution in [2.45, 2.75) is 26.1 Å². The van der Waals surface area contributed by atoms with Gasteiger partial charge in [0.2, 0.25) is 0 Å². The number of carbonyl (C=O) groups excluding carboxylic acids is 1. The van der Waals surface area contributed by atoms with Gasteiger partial charge in [-0.3, -0.25) is 9.78 Å². The number of carboxylic acid groups (broad SMARTS) is 1. The number of pyridine rings is 1. The molecule has 2 N–H and O–H groups in total. The molecule has 0 atom stereocenters. The Kier molecular flexibility index (Phi) is 4.47. The van der Waals surface area contributed by atoms with Crippen molar-refractivity contribution in [2.24, 2.45) is 0 Å². The van der Waals surface area contributed by atoms with Gasteiger partial charge in [0.25, 0.3) is 0 Å². The molecule has 0 fully saturated rings. The Labute approximate surface area is 106 Å². The smallest absolute Gasteiger partial charge is 0.471 e. The van der Waals surface area contributed by atoms with Crippen molar-refractivity contribution in [1.82, 2.24) is 10.3 Å². The molecule has 1 rings (SSSR count). The molecule has 0 aliphatic heterocycles. The summed E-state index contributed by atoms with van der Waals surface area (Å²) in [6.45, 7) is 1.26. The van der Waals surface area contributed by atoms with E-state index >= 15 is 0 Å². The maximum Gasteiger partial charge on any atom is 0.471 e. The summed E-state index contributed by atoms with van der Waals surface area (Å²) in [5.74, 6) is -3.22. The minimum Gasteiger partial charge on any atom is -0.478 e. The molecule has 1 heterocycles. The highest BCUT2D eigenvalue weighted by atomic mass is 19.4. The van der Waals surface area contributed by atoms with Crippen molar-refractivity contribution in [2.75, 3.05) is 0 Å². The van der Waals surface area contributed by atoms with Crippen LogP contribution in [0.15, 0.2) is 12.1 Å². The molecule has 0 aliphatic rings. The Morgan fingerprint density at radius 3 is 2.47 bits per heavy atom. The molecule has 0 unspecified atom stereocenters. The fourth-order valence-corrected chi connectivity index (χ4v) is 1.38. The first-order valence-corrected chi connectivity index (χ1v) is 5.32. The monoisotopic (exact) mass is 276 g/mol. The first kappa shape index (κ1) is 14.9. The Morgan fingerprint density at radius 1 is 1.37 bits per heavy atom. The lowest BCUT2D eigenvalue weighted by atomic mass is 10.1. The highest BCUT2D eigenvalue weighted by molar-refractivity contribution is 5.88.